The number of hydrogen-bond acceptors (Lipinski definition) is 7. The van der Waals surface area contributed by atoms with Crippen LogP contribution in [0.1, 0.15) is 43.5 Å². The van der Waals surface area contributed by atoms with Crippen molar-refractivity contribution in [2.75, 3.05) is 31.1 Å². The summed E-state index contributed by atoms with van der Waals surface area (Å²) in [5.74, 6) is 0.583. The van der Waals surface area contributed by atoms with E-state index in [4.69, 9.17) is 9.72 Å². The Morgan fingerprint density at radius 3 is 2.38 bits per heavy atom. The molecule has 2 unspecified atom stereocenters. The van der Waals surface area contributed by atoms with Gasteiger partial charge in [0.05, 0.1) is 20.7 Å². The third kappa shape index (κ3) is 4.69. The number of rotatable bonds is 5. The van der Waals surface area contributed by atoms with Crippen molar-refractivity contribution in [1.82, 2.24) is 9.29 Å². The van der Waals surface area contributed by atoms with E-state index in [0.29, 0.717) is 36.2 Å². The lowest BCUT2D eigenvalue weighted by molar-refractivity contribution is 0.0735. The van der Waals surface area contributed by atoms with Crippen LogP contribution < -0.4 is 9.64 Å². The molecule has 3 aromatic rings. The molecule has 1 aromatic heterocycles. The van der Waals surface area contributed by atoms with Crippen LogP contribution in [0.2, 0.25) is 0 Å². The molecule has 34 heavy (non-hydrogen) atoms. The Morgan fingerprint density at radius 2 is 1.71 bits per heavy atom. The van der Waals surface area contributed by atoms with E-state index in [1.165, 1.54) is 37.1 Å². The number of aromatic nitrogens is 1. The van der Waals surface area contributed by atoms with E-state index < -0.39 is 16.0 Å². The van der Waals surface area contributed by atoms with Crippen LogP contribution in [0.4, 0.5) is 5.13 Å². The highest BCUT2D eigenvalue weighted by molar-refractivity contribution is 7.89. The van der Waals surface area contributed by atoms with Gasteiger partial charge in [0.2, 0.25) is 10.0 Å². The molecule has 2 saturated heterocycles. The highest BCUT2D eigenvalue weighted by atomic mass is 32.2. The third-order valence-corrected chi connectivity index (χ3v) is 9.42. The number of anilines is 1. The molecule has 0 aliphatic carbocycles. The molecule has 5 rings (SSSR count). The van der Waals surface area contributed by atoms with Crippen LogP contribution in [0.5, 0.6) is 5.75 Å². The van der Waals surface area contributed by atoms with Crippen LogP contribution in [0, 0.1) is 11.8 Å². The molecule has 9 heteroatoms. The quantitative estimate of drug-likeness (QED) is 0.371. The summed E-state index contributed by atoms with van der Waals surface area (Å²) in [5.41, 5.74) is 1.20. The van der Waals surface area contributed by atoms with Crippen molar-refractivity contribution >= 4 is 42.7 Å². The summed E-state index contributed by atoms with van der Waals surface area (Å²) >= 11 is 1.60. The van der Waals surface area contributed by atoms with Gasteiger partial charge in [0.15, 0.2) is 5.13 Å². The molecular formula is C25H29N3O4S2. The monoisotopic (exact) mass is 499 g/mol. The van der Waals surface area contributed by atoms with Gasteiger partial charge in [0, 0.05) is 32.2 Å². The van der Waals surface area contributed by atoms with Crippen LogP contribution in [0.15, 0.2) is 47.4 Å². The summed E-state index contributed by atoms with van der Waals surface area (Å²) in [7, 11) is -3.59. The summed E-state index contributed by atoms with van der Waals surface area (Å²) in [6.45, 7) is 7.26. The average molecular weight is 500 g/mol. The van der Waals surface area contributed by atoms with Gasteiger partial charge in [-0.25, -0.2) is 18.2 Å². The third-order valence-electron chi connectivity index (χ3n) is 6.50. The first kappa shape index (κ1) is 23.3. The second-order valence-electron chi connectivity index (χ2n) is 9.50. The molecule has 2 aliphatic rings. The highest BCUT2D eigenvalue weighted by Gasteiger charge is 2.31. The number of carbonyl (C=O) groups excluding carboxylic acids is 1. The van der Waals surface area contributed by atoms with Gasteiger partial charge < -0.3 is 9.64 Å². The number of hydrogen-bond donors (Lipinski definition) is 0. The minimum atomic E-state index is -3.59. The first-order valence-corrected chi connectivity index (χ1v) is 14.0. The van der Waals surface area contributed by atoms with Gasteiger partial charge in [-0.3, -0.25) is 0 Å². The molecule has 2 aromatic carbocycles. The number of ether oxygens (including phenoxy) is 1. The Labute approximate surface area is 204 Å². The fourth-order valence-corrected chi connectivity index (χ4v) is 7.61. The van der Waals surface area contributed by atoms with Crippen molar-refractivity contribution in [2.45, 2.75) is 38.0 Å². The van der Waals surface area contributed by atoms with E-state index in [0.717, 1.165) is 34.9 Å². The first-order valence-electron chi connectivity index (χ1n) is 11.8. The van der Waals surface area contributed by atoms with Crippen molar-refractivity contribution in [1.29, 1.82) is 0 Å². The molecular weight excluding hydrogens is 470 g/mol. The second-order valence-corrected chi connectivity index (χ2v) is 12.4. The summed E-state index contributed by atoms with van der Waals surface area (Å²) in [4.78, 5) is 19.9. The van der Waals surface area contributed by atoms with Gasteiger partial charge in [0.1, 0.15) is 5.75 Å². The van der Waals surface area contributed by atoms with Gasteiger partial charge in [-0.1, -0.05) is 25.2 Å². The summed E-state index contributed by atoms with van der Waals surface area (Å²) in [6, 6.07) is 11.5. The predicted molar refractivity (Wildman–Crippen MR) is 134 cm³/mol. The molecule has 0 spiro atoms. The van der Waals surface area contributed by atoms with Crippen LogP contribution >= 0.6 is 11.3 Å². The Hall–Kier alpha value is -2.49. The predicted octanol–water partition coefficient (Wildman–Crippen LogP) is 4.78. The maximum atomic E-state index is 13.1. The number of carbonyl (C=O) groups is 1. The zero-order valence-electron chi connectivity index (χ0n) is 19.4. The van der Waals surface area contributed by atoms with Gasteiger partial charge in [-0.2, -0.15) is 4.31 Å². The number of benzene rings is 2. The summed E-state index contributed by atoms with van der Waals surface area (Å²) in [6.07, 6.45) is 3.41. The molecule has 0 N–H and O–H groups in total. The van der Waals surface area contributed by atoms with Crippen molar-refractivity contribution in [3.63, 3.8) is 0 Å². The lowest BCUT2D eigenvalue weighted by Gasteiger charge is -2.34. The largest absolute Gasteiger partial charge is 0.423 e. The summed E-state index contributed by atoms with van der Waals surface area (Å²) < 4.78 is 34.3. The zero-order valence-corrected chi connectivity index (χ0v) is 21.1. The summed E-state index contributed by atoms with van der Waals surface area (Å²) in [5, 5.41) is 1.00. The Bertz CT molecular complexity index is 1290. The van der Waals surface area contributed by atoms with Crippen LogP contribution in [0.3, 0.4) is 0 Å². The smallest absolute Gasteiger partial charge is 0.343 e. The lowest BCUT2D eigenvalue weighted by Crippen LogP contribution is -2.42. The average Bonchev–Trinajstić information content (AvgIpc) is 3.48. The van der Waals surface area contributed by atoms with E-state index in [1.54, 1.807) is 21.7 Å². The van der Waals surface area contributed by atoms with Crippen LogP contribution in [0.25, 0.3) is 10.2 Å². The van der Waals surface area contributed by atoms with Gasteiger partial charge in [-0.15, -0.1) is 0 Å². The fraction of sp³-hybridized carbons (Fsp3) is 0.440. The molecule has 2 atom stereocenters. The molecule has 0 radical (unpaired) electrons. The number of esters is 1. The molecule has 2 fully saturated rings. The normalized spacial score (nSPS) is 21.8. The van der Waals surface area contributed by atoms with Crippen molar-refractivity contribution in [2.24, 2.45) is 11.8 Å². The van der Waals surface area contributed by atoms with Crippen LogP contribution in [-0.2, 0) is 10.0 Å². The number of thiazole rings is 1. The number of piperidine rings is 1. The van der Waals surface area contributed by atoms with E-state index in [1.807, 2.05) is 12.1 Å². The first-order chi connectivity index (χ1) is 16.3. The van der Waals surface area contributed by atoms with Gasteiger partial charge >= 0.3 is 5.97 Å². The minimum Gasteiger partial charge on any atom is -0.423 e. The molecule has 180 valence electrons. The van der Waals surface area contributed by atoms with E-state index in [-0.39, 0.29) is 4.90 Å². The molecule has 0 bridgehead atoms. The minimum absolute atomic E-state index is 0.200. The van der Waals surface area contributed by atoms with E-state index in [9.17, 15) is 13.2 Å². The maximum absolute atomic E-state index is 13.1. The number of fused-ring (bicyclic) bond motifs is 1. The van der Waals surface area contributed by atoms with Crippen molar-refractivity contribution in [3.8, 4) is 5.75 Å². The molecule has 7 nitrogen and oxygen atoms in total. The molecule has 2 aliphatic heterocycles. The second kappa shape index (κ2) is 9.28. The van der Waals surface area contributed by atoms with Crippen molar-refractivity contribution < 1.29 is 17.9 Å². The van der Waals surface area contributed by atoms with Crippen molar-refractivity contribution in [3.05, 3.63) is 48.0 Å². The van der Waals surface area contributed by atoms with E-state index >= 15 is 0 Å². The van der Waals surface area contributed by atoms with Gasteiger partial charge in [0.25, 0.3) is 0 Å². The standard InChI is InChI=1S/C25H29N3O4S2/c1-17-13-18(2)16-28(15-17)34(30,31)21-8-5-19(6-9-21)24(29)32-20-7-10-22-23(14-20)33-25(26-22)27-11-3-4-12-27/h5-10,14,17-18H,3-4,11-13,15-16H2,1-2H3. The van der Waals surface area contributed by atoms with Gasteiger partial charge in [-0.05, 0) is 67.5 Å². The topological polar surface area (TPSA) is 79.8 Å². The molecule has 0 amide bonds. The molecule has 0 saturated carbocycles. The Kier molecular flexibility index (Phi) is 6.35. The fourth-order valence-electron chi connectivity index (χ4n) is 4.88. The number of sulfonamides is 1. The van der Waals surface area contributed by atoms with E-state index in [2.05, 4.69) is 18.7 Å². The molecule has 3 heterocycles. The zero-order chi connectivity index (χ0) is 23.9. The highest BCUT2D eigenvalue weighted by Crippen LogP contribution is 2.33. The Balaban J connectivity index is 1.29. The lowest BCUT2D eigenvalue weighted by atomic mass is 9.94. The SMILES string of the molecule is CC1CC(C)CN(S(=O)(=O)c2ccc(C(=O)Oc3ccc4nc(N5CCCC5)sc4c3)cc2)C1. The number of nitrogens with zero attached hydrogens (tertiary/aromatic N) is 3. The van der Waals surface area contributed by atoms with Crippen LogP contribution in [-0.4, -0.2) is 49.9 Å². The Morgan fingerprint density at radius 1 is 1.03 bits per heavy atom. The maximum Gasteiger partial charge on any atom is 0.343 e.